The van der Waals surface area contributed by atoms with E-state index in [1.54, 1.807) is 0 Å². The number of ether oxygens (including phenoxy) is 1. The highest BCUT2D eigenvalue weighted by atomic mass is 16.5. The summed E-state index contributed by atoms with van der Waals surface area (Å²) < 4.78 is 5.86. The predicted molar refractivity (Wildman–Crippen MR) is 85.0 cm³/mol. The van der Waals surface area contributed by atoms with Crippen LogP contribution in [0.15, 0.2) is 0 Å². The lowest BCUT2D eigenvalue weighted by atomic mass is 9.95. The van der Waals surface area contributed by atoms with Gasteiger partial charge in [-0.05, 0) is 37.5 Å². The van der Waals surface area contributed by atoms with E-state index in [0.717, 1.165) is 31.5 Å². The molecule has 0 radical (unpaired) electrons. The number of hydrogen-bond acceptors (Lipinski definition) is 3. The van der Waals surface area contributed by atoms with E-state index in [2.05, 4.69) is 37.9 Å². The van der Waals surface area contributed by atoms with Crippen molar-refractivity contribution >= 4 is 0 Å². The summed E-state index contributed by atoms with van der Waals surface area (Å²) >= 11 is 0. The number of nitrogens with zero attached hydrogens (tertiary/aromatic N) is 1. The zero-order valence-corrected chi connectivity index (χ0v) is 13.9. The second-order valence-electron chi connectivity index (χ2n) is 7.61. The summed E-state index contributed by atoms with van der Waals surface area (Å²) in [6.45, 7) is 13.8. The number of nitrogens with one attached hydrogen (secondary N) is 1. The molecular formula is C17H34N2O. The summed E-state index contributed by atoms with van der Waals surface area (Å²) in [7, 11) is 0. The van der Waals surface area contributed by atoms with Crippen LogP contribution in [0.2, 0.25) is 0 Å². The highest BCUT2D eigenvalue weighted by molar-refractivity contribution is 4.88. The van der Waals surface area contributed by atoms with Gasteiger partial charge in [0.1, 0.15) is 0 Å². The first kappa shape index (κ1) is 16.3. The summed E-state index contributed by atoms with van der Waals surface area (Å²) in [5.41, 5.74) is 0. The minimum atomic E-state index is 0.488. The molecule has 2 aliphatic rings. The summed E-state index contributed by atoms with van der Waals surface area (Å²) in [5.74, 6) is 1.55. The van der Waals surface area contributed by atoms with E-state index in [1.165, 1.54) is 32.2 Å². The van der Waals surface area contributed by atoms with Crippen LogP contribution in [0.3, 0.4) is 0 Å². The van der Waals surface area contributed by atoms with Crippen LogP contribution in [0.4, 0.5) is 0 Å². The molecule has 1 N–H and O–H groups in total. The van der Waals surface area contributed by atoms with Crippen molar-refractivity contribution in [3.05, 3.63) is 0 Å². The lowest BCUT2D eigenvalue weighted by Crippen LogP contribution is -2.58. The van der Waals surface area contributed by atoms with Gasteiger partial charge in [0.25, 0.3) is 0 Å². The molecule has 2 aliphatic heterocycles. The molecule has 2 heterocycles. The molecule has 3 atom stereocenters. The molecule has 0 aromatic rings. The Bertz CT molecular complexity index is 274. The zero-order chi connectivity index (χ0) is 14.5. The Labute approximate surface area is 125 Å². The Morgan fingerprint density at radius 3 is 2.50 bits per heavy atom. The van der Waals surface area contributed by atoms with Gasteiger partial charge in [-0.2, -0.15) is 0 Å². The van der Waals surface area contributed by atoms with Gasteiger partial charge in [0, 0.05) is 38.3 Å². The monoisotopic (exact) mass is 282 g/mol. The second kappa shape index (κ2) is 7.77. The molecule has 3 nitrogen and oxygen atoms in total. The quantitative estimate of drug-likeness (QED) is 0.811. The first-order valence-corrected chi connectivity index (χ1v) is 8.63. The Morgan fingerprint density at radius 1 is 1.15 bits per heavy atom. The van der Waals surface area contributed by atoms with E-state index < -0.39 is 0 Å². The van der Waals surface area contributed by atoms with Crippen molar-refractivity contribution in [2.75, 3.05) is 26.2 Å². The fourth-order valence-corrected chi connectivity index (χ4v) is 3.71. The van der Waals surface area contributed by atoms with Crippen LogP contribution in [0.5, 0.6) is 0 Å². The molecule has 3 heteroatoms. The van der Waals surface area contributed by atoms with Crippen molar-refractivity contribution in [2.24, 2.45) is 11.8 Å². The number of hydrogen-bond donors (Lipinski definition) is 1. The van der Waals surface area contributed by atoms with Crippen molar-refractivity contribution < 1.29 is 4.74 Å². The van der Waals surface area contributed by atoms with E-state index in [9.17, 15) is 0 Å². The van der Waals surface area contributed by atoms with Crippen LogP contribution in [0.25, 0.3) is 0 Å². The van der Waals surface area contributed by atoms with Crippen LogP contribution in [-0.2, 0) is 4.74 Å². The average molecular weight is 282 g/mol. The van der Waals surface area contributed by atoms with Crippen LogP contribution in [-0.4, -0.2) is 49.3 Å². The molecule has 0 saturated carbocycles. The maximum absolute atomic E-state index is 5.86. The Balaban J connectivity index is 1.90. The molecule has 0 spiro atoms. The van der Waals surface area contributed by atoms with Crippen molar-refractivity contribution in [1.29, 1.82) is 0 Å². The van der Waals surface area contributed by atoms with Crippen molar-refractivity contribution in [2.45, 2.75) is 71.6 Å². The number of piperazine rings is 1. The van der Waals surface area contributed by atoms with E-state index in [1.807, 2.05) is 0 Å². The largest absolute Gasteiger partial charge is 0.377 e. The Hall–Kier alpha value is -0.120. The average Bonchev–Trinajstić information content (AvgIpc) is 2.84. The van der Waals surface area contributed by atoms with Gasteiger partial charge >= 0.3 is 0 Å². The Morgan fingerprint density at radius 2 is 1.90 bits per heavy atom. The molecular weight excluding hydrogens is 248 g/mol. The van der Waals surface area contributed by atoms with Crippen molar-refractivity contribution in [3.63, 3.8) is 0 Å². The summed E-state index contributed by atoms with van der Waals surface area (Å²) in [6, 6.07) is 1.36. The van der Waals surface area contributed by atoms with E-state index in [4.69, 9.17) is 4.74 Å². The first-order chi connectivity index (χ1) is 9.54. The SMILES string of the molecule is CC(C)CC1CN(CC2CCCO2)C(CC(C)C)CN1. The maximum Gasteiger partial charge on any atom is 0.0702 e. The molecule has 2 rings (SSSR count). The van der Waals surface area contributed by atoms with E-state index >= 15 is 0 Å². The lowest BCUT2D eigenvalue weighted by Gasteiger charge is -2.42. The smallest absolute Gasteiger partial charge is 0.0702 e. The molecule has 0 aromatic carbocycles. The fourth-order valence-electron chi connectivity index (χ4n) is 3.71. The molecule has 2 fully saturated rings. The first-order valence-electron chi connectivity index (χ1n) is 8.63. The van der Waals surface area contributed by atoms with Crippen LogP contribution >= 0.6 is 0 Å². The molecule has 20 heavy (non-hydrogen) atoms. The molecule has 0 aromatic heterocycles. The molecule has 0 bridgehead atoms. The molecule has 118 valence electrons. The van der Waals surface area contributed by atoms with Gasteiger partial charge in [-0.3, -0.25) is 4.90 Å². The van der Waals surface area contributed by atoms with Gasteiger partial charge in [-0.15, -0.1) is 0 Å². The minimum Gasteiger partial charge on any atom is -0.377 e. The second-order valence-corrected chi connectivity index (χ2v) is 7.61. The van der Waals surface area contributed by atoms with Gasteiger partial charge in [0.2, 0.25) is 0 Å². The fraction of sp³-hybridized carbons (Fsp3) is 1.00. The van der Waals surface area contributed by atoms with Crippen LogP contribution in [0.1, 0.15) is 53.4 Å². The third kappa shape index (κ3) is 5.01. The van der Waals surface area contributed by atoms with E-state index in [-0.39, 0.29) is 0 Å². The highest BCUT2D eigenvalue weighted by Gasteiger charge is 2.31. The highest BCUT2D eigenvalue weighted by Crippen LogP contribution is 2.21. The topological polar surface area (TPSA) is 24.5 Å². The van der Waals surface area contributed by atoms with Gasteiger partial charge in [-0.1, -0.05) is 27.7 Å². The standard InChI is InChI=1S/C17H34N2O/c1-13(2)8-15-11-19(12-17-6-5-7-20-17)16(10-18-15)9-14(3)4/h13-18H,5-12H2,1-4H3. The maximum atomic E-state index is 5.86. The predicted octanol–water partition coefficient (Wildman–Crippen LogP) is 2.90. The van der Waals surface area contributed by atoms with Crippen molar-refractivity contribution in [3.8, 4) is 0 Å². The van der Waals surface area contributed by atoms with Gasteiger partial charge in [0.15, 0.2) is 0 Å². The van der Waals surface area contributed by atoms with Gasteiger partial charge in [0.05, 0.1) is 6.10 Å². The van der Waals surface area contributed by atoms with Crippen LogP contribution in [0, 0.1) is 11.8 Å². The Kier molecular flexibility index (Phi) is 6.31. The lowest BCUT2D eigenvalue weighted by molar-refractivity contribution is 0.0318. The minimum absolute atomic E-state index is 0.488. The third-order valence-electron chi connectivity index (χ3n) is 4.57. The van der Waals surface area contributed by atoms with Gasteiger partial charge in [-0.25, -0.2) is 0 Å². The molecule has 2 saturated heterocycles. The number of rotatable bonds is 6. The molecule has 0 aliphatic carbocycles. The van der Waals surface area contributed by atoms with Crippen molar-refractivity contribution in [1.82, 2.24) is 10.2 Å². The third-order valence-corrected chi connectivity index (χ3v) is 4.57. The normalized spacial score (nSPS) is 32.4. The van der Waals surface area contributed by atoms with Gasteiger partial charge < -0.3 is 10.1 Å². The molecule has 0 amide bonds. The summed E-state index contributed by atoms with van der Waals surface area (Å²) in [4.78, 5) is 2.72. The molecule has 3 unspecified atom stereocenters. The summed E-state index contributed by atoms with van der Waals surface area (Å²) in [5, 5.41) is 3.78. The summed E-state index contributed by atoms with van der Waals surface area (Å²) in [6.07, 6.45) is 5.58. The van der Waals surface area contributed by atoms with E-state index in [0.29, 0.717) is 18.2 Å². The zero-order valence-electron chi connectivity index (χ0n) is 13.9. The van der Waals surface area contributed by atoms with Crippen LogP contribution < -0.4 is 5.32 Å².